The summed E-state index contributed by atoms with van der Waals surface area (Å²) in [6.45, 7) is 0.397. The number of rotatable bonds is 3. The summed E-state index contributed by atoms with van der Waals surface area (Å²) in [5.74, 6) is -0.163. The Morgan fingerprint density at radius 2 is 2.07 bits per heavy atom. The second kappa shape index (κ2) is 4.82. The van der Waals surface area contributed by atoms with Crippen molar-refractivity contribution in [1.82, 2.24) is 0 Å². The minimum absolute atomic E-state index is 0.0950. The van der Waals surface area contributed by atoms with E-state index in [9.17, 15) is 4.39 Å². The largest absolute Gasteiger partial charge is 0.495 e. The van der Waals surface area contributed by atoms with Crippen LogP contribution in [0.1, 0.15) is 5.56 Å². The van der Waals surface area contributed by atoms with E-state index in [2.05, 4.69) is 0 Å². The Balaban J connectivity index is 3.28. The van der Waals surface area contributed by atoms with Crippen molar-refractivity contribution in [2.75, 3.05) is 13.7 Å². The molecule has 0 aromatic heterocycles. The van der Waals surface area contributed by atoms with Crippen molar-refractivity contribution in [2.24, 2.45) is 5.73 Å². The lowest BCUT2D eigenvalue weighted by Crippen LogP contribution is -2.05. The summed E-state index contributed by atoms with van der Waals surface area (Å²) < 4.78 is 18.2. The second-order valence-electron chi connectivity index (χ2n) is 2.72. The lowest BCUT2D eigenvalue weighted by molar-refractivity contribution is 0.408. The van der Waals surface area contributed by atoms with Gasteiger partial charge in [0.25, 0.3) is 0 Å². The highest BCUT2D eigenvalue weighted by atomic mass is 35.5. The molecule has 0 saturated carbocycles. The van der Waals surface area contributed by atoms with Gasteiger partial charge in [0.2, 0.25) is 0 Å². The summed E-state index contributed by atoms with van der Waals surface area (Å²) in [7, 11) is 1.45. The van der Waals surface area contributed by atoms with Crippen molar-refractivity contribution in [1.29, 1.82) is 0 Å². The molecule has 0 spiro atoms. The number of halogens is 3. The van der Waals surface area contributed by atoms with Gasteiger partial charge in [0.1, 0.15) is 16.6 Å². The Labute approximate surface area is 91.8 Å². The van der Waals surface area contributed by atoms with Gasteiger partial charge < -0.3 is 10.5 Å². The maximum Gasteiger partial charge on any atom is 0.143 e. The van der Waals surface area contributed by atoms with Crippen LogP contribution < -0.4 is 10.5 Å². The zero-order valence-electron chi connectivity index (χ0n) is 7.61. The third kappa shape index (κ3) is 2.11. The van der Waals surface area contributed by atoms with E-state index >= 15 is 0 Å². The lowest BCUT2D eigenvalue weighted by atomic mass is 10.1. The molecule has 1 rings (SSSR count). The van der Waals surface area contributed by atoms with Gasteiger partial charge in [-0.1, -0.05) is 23.2 Å². The molecule has 78 valence electrons. The van der Waals surface area contributed by atoms with Crippen molar-refractivity contribution in [3.05, 3.63) is 27.5 Å². The molecule has 1 aromatic carbocycles. The molecule has 2 nitrogen and oxygen atoms in total. The number of benzene rings is 1. The molecule has 0 saturated heterocycles. The highest BCUT2D eigenvalue weighted by Crippen LogP contribution is 2.37. The average molecular weight is 238 g/mol. The highest BCUT2D eigenvalue weighted by molar-refractivity contribution is 6.43. The molecule has 0 aliphatic rings. The summed E-state index contributed by atoms with van der Waals surface area (Å²) in [4.78, 5) is 0. The number of nitrogens with two attached hydrogens (primary N) is 1. The van der Waals surface area contributed by atoms with Crippen LogP contribution in [0.15, 0.2) is 6.07 Å². The fourth-order valence-electron chi connectivity index (χ4n) is 1.19. The third-order valence-electron chi connectivity index (χ3n) is 1.81. The van der Waals surface area contributed by atoms with Crippen LogP contribution in [0, 0.1) is 5.82 Å². The zero-order valence-corrected chi connectivity index (χ0v) is 9.12. The molecule has 0 amide bonds. The molecule has 2 N–H and O–H groups in total. The summed E-state index contributed by atoms with van der Waals surface area (Å²) >= 11 is 11.4. The van der Waals surface area contributed by atoms with E-state index in [4.69, 9.17) is 33.7 Å². The molecular weight excluding hydrogens is 228 g/mol. The van der Waals surface area contributed by atoms with Crippen LogP contribution in [0.4, 0.5) is 4.39 Å². The Hall–Kier alpha value is -0.510. The van der Waals surface area contributed by atoms with Gasteiger partial charge in [-0.2, -0.15) is 0 Å². The van der Waals surface area contributed by atoms with Gasteiger partial charge in [-0.3, -0.25) is 0 Å². The standard InChI is InChI=1S/C9H10Cl2FNO/c1-14-9-5(2-3-13)4-6(12)7(10)8(9)11/h4H,2-3,13H2,1H3. The van der Waals surface area contributed by atoms with E-state index in [0.717, 1.165) is 0 Å². The SMILES string of the molecule is COc1c(CCN)cc(F)c(Cl)c1Cl. The summed E-state index contributed by atoms with van der Waals surface area (Å²) in [5, 5.41) is -0.0260. The summed E-state index contributed by atoms with van der Waals surface area (Å²) in [6, 6.07) is 1.29. The quantitative estimate of drug-likeness (QED) is 0.821. The Bertz CT molecular complexity index is 344. The highest BCUT2D eigenvalue weighted by Gasteiger charge is 2.15. The Morgan fingerprint density at radius 1 is 1.43 bits per heavy atom. The van der Waals surface area contributed by atoms with Crippen molar-refractivity contribution in [3.8, 4) is 5.75 Å². The van der Waals surface area contributed by atoms with E-state index in [-0.39, 0.29) is 10.0 Å². The molecule has 0 radical (unpaired) electrons. The van der Waals surface area contributed by atoms with Gasteiger partial charge in [0.05, 0.1) is 12.1 Å². The Kier molecular flexibility index (Phi) is 3.98. The number of hydrogen-bond acceptors (Lipinski definition) is 2. The summed E-state index contributed by atoms with van der Waals surface area (Å²) in [5.41, 5.74) is 6.00. The van der Waals surface area contributed by atoms with Gasteiger partial charge in [-0.05, 0) is 24.6 Å². The fourth-order valence-corrected chi connectivity index (χ4v) is 1.62. The Morgan fingerprint density at radius 3 is 2.57 bits per heavy atom. The minimum Gasteiger partial charge on any atom is -0.495 e. The molecule has 0 heterocycles. The summed E-state index contributed by atoms with van der Waals surface area (Å²) in [6.07, 6.45) is 0.497. The number of methoxy groups -OCH3 is 1. The molecule has 0 atom stereocenters. The topological polar surface area (TPSA) is 35.2 Å². The van der Waals surface area contributed by atoms with Crippen LogP contribution in [-0.4, -0.2) is 13.7 Å². The van der Waals surface area contributed by atoms with Gasteiger partial charge in [0.15, 0.2) is 0 Å². The monoisotopic (exact) mass is 237 g/mol. The minimum atomic E-state index is -0.555. The van der Waals surface area contributed by atoms with Gasteiger partial charge in [-0.25, -0.2) is 4.39 Å². The number of hydrogen-bond donors (Lipinski definition) is 1. The van der Waals surface area contributed by atoms with Crippen molar-refractivity contribution in [2.45, 2.75) is 6.42 Å². The van der Waals surface area contributed by atoms with Crippen LogP contribution >= 0.6 is 23.2 Å². The molecule has 0 aliphatic heterocycles. The van der Waals surface area contributed by atoms with Crippen molar-refractivity contribution in [3.63, 3.8) is 0 Å². The number of ether oxygens (including phenoxy) is 1. The first-order chi connectivity index (χ1) is 6.61. The van der Waals surface area contributed by atoms with E-state index in [1.165, 1.54) is 13.2 Å². The molecule has 0 unspecified atom stereocenters. The molecule has 5 heteroatoms. The second-order valence-corrected chi connectivity index (χ2v) is 3.47. The van der Waals surface area contributed by atoms with E-state index in [1.54, 1.807) is 0 Å². The van der Waals surface area contributed by atoms with Crippen LogP contribution in [0.25, 0.3) is 0 Å². The molecule has 0 bridgehead atoms. The van der Waals surface area contributed by atoms with Crippen LogP contribution in [-0.2, 0) is 6.42 Å². The predicted molar refractivity (Wildman–Crippen MR) is 55.7 cm³/mol. The molecule has 0 aliphatic carbocycles. The molecule has 14 heavy (non-hydrogen) atoms. The van der Waals surface area contributed by atoms with E-state index in [1.807, 2.05) is 0 Å². The van der Waals surface area contributed by atoms with E-state index in [0.29, 0.717) is 24.3 Å². The average Bonchev–Trinajstić information content (AvgIpc) is 2.16. The fraction of sp³-hybridized carbons (Fsp3) is 0.333. The van der Waals surface area contributed by atoms with Crippen LogP contribution in [0.5, 0.6) is 5.75 Å². The van der Waals surface area contributed by atoms with Gasteiger partial charge in [-0.15, -0.1) is 0 Å². The molecule has 0 fully saturated rings. The van der Waals surface area contributed by atoms with Crippen LogP contribution in [0.3, 0.4) is 0 Å². The maximum atomic E-state index is 13.2. The smallest absolute Gasteiger partial charge is 0.143 e. The zero-order chi connectivity index (χ0) is 10.7. The third-order valence-corrected chi connectivity index (χ3v) is 2.64. The van der Waals surface area contributed by atoms with Gasteiger partial charge in [0, 0.05) is 0 Å². The maximum absolute atomic E-state index is 13.2. The first kappa shape index (κ1) is 11.6. The predicted octanol–water partition coefficient (Wildman–Crippen LogP) is 2.64. The van der Waals surface area contributed by atoms with E-state index < -0.39 is 5.82 Å². The van der Waals surface area contributed by atoms with Crippen LogP contribution in [0.2, 0.25) is 10.0 Å². The lowest BCUT2D eigenvalue weighted by Gasteiger charge is -2.11. The van der Waals surface area contributed by atoms with Gasteiger partial charge >= 0.3 is 0 Å². The first-order valence-electron chi connectivity index (χ1n) is 4.02. The normalized spacial score (nSPS) is 10.4. The molecular formula is C9H10Cl2FNO. The van der Waals surface area contributed by atoms with Crippen molar-refractivity contribution >= 4 is 23.2 Å². The van der Waals surface area contributed by atoms with Crippen molar-refractivity contribution < 1.29 is 9.13 Å². The molecule has 1 aromatic rings. The first-order valence-corrected chi connectivity index (χ1v) is 4.77.